The summed E-state index contributed by atoms with van der Waals surface area (Å²) in [5.41, 5.74) is 0.288. The van der Waals surface area contributed by atoms with Crippen molar-refractivity contribution in [2.45, 2.75) is 24.7 Å². The summed E-state index contributed by atoms with van der Waals surface area (Å²) in [6.45, 7) is 5.75. The van der Waals surface area contributed by atoms with Crippen LogP contribution in [0.1, 0.15) is 29.1 Å². The summed E-state index contributed by atoms with van der Waals surface area (Å²) in [4.78, 5) is 24.7. The molecule has 2 amide bonds. The molecule has 1 atom stereocenters. The Morgan fingerprint density at radius 1 is 1.21 bits per heavy atom. The first-order valence-electron chi connectivity index (χ1n) is 9.77. The Morgan fingerprint density at radius 2 is 1.97 bits per heavy atom. The zero-order chi connectivity index (χ0) is 24.0. The van der Waals surface area contributed by atoms with Crippen molar-refractivity contribution in [1.82, 2.24) is 20.1 Å². The van der Waals surface area contributed by atoms with Gasteiger partial charge in [0.25, 0.3) is 5.91 Å². The van der Waals surface area contributed by atoms with Crippen molar-refractivity contribution in [2.24, 2.45) is 0 Å². The Kier molecular flexibility index (Phi) is 8.18. The van der Waals surface area contributed by atoms with Crippen LogP contribution in [-0.2, 0) is 11.3 Å². The van der Waals surface area contributed by atoms with Crippen molar-refractivity contribution < 1.29 is 18.4 Å². The maximum absolute atomic E-state index is 13.9. The lowest BCUT2D eigenvalue weighted by Gasteiger charge is -2.15. The van der Waals surface area contributed by atoms with E-state index in [0.29, 0.717) is 23.2 Å². The fraction of sp³-hybridized carbons (Fsp3) is 0.182. The zero-order valence-corrected chi connectivity index (χ0v) is 19.1. The smallest absolute Gasteiger partial charge is 0.254 e. The number of rotatable bonds is 9. The normalized spacial score (nSPS) is 11.6. The summed E-state index contributed by atoms with van der Waals surface area (Å²) in [7, 11) is 0. The third-order valence-corrected chi connectivity index (χ3v) is 5.70. The van der Waals surface area contributed by atoms with Gasteiger partial charge in [0.15, 0.2) is 11.0 Å². The van der Waals surface area contributed by atoms with Crippen molar-refractivity contribution in [3.05, 3.63) is 83.2 Å². The molecule has 0 saturated heterocycles. The quantitative estimate of drug-likeness (QED) is 0.337. The van der Waals surface area contributed by atoms with Crippen molar-refractivity contribution in [1.29, 1.82) is 0 Å². The van der Waals surface area contributed by atoms with Crippen LogP contribution in [0, 0.1) is 11.6 Å². The fourth-order valence-electron chi connectivity index (χ4n) is 2.91. The number of hydrogen-bond acceptors (Lipinski definition) is 5. The summed E-state index contributed by atoms with van der Waals surface area (Å²) in [5, 5.41) is 13.9. The summed E-state index contributed by atoms with van der Waals surface area (Å²) in [6, 6.07) is 8.96. The van der Waals surface area contributed by atoms with Crippen molar-refractivity contribution in [2.75, 3.05) is 11.1 Å². The van der Waals surface area contributed by atoms with Crippen LogP contribution in [0.25, 0.3) is 0 Å². The highest BCUT2D eigenvalue weighted by Crippen LogP contribution is 2.23. The van der Waals surface area contributed by atoms with Crippen LogP contribution >= 0.6 is 23.4 Å². The number of carbonyl (C=O) groups is 2. The van der Waals surface area contributed by atoms with Gasteiger partial charge in [-0.3, -0.25) is 9.59 Å². The Balaban J connectivity index is 1.67. The second-order valence-corrected chi connectivity index (χ2v) is 8.23. The maximum Gasteiger partial charge on any atom is 0.254 e. The van der Waals surface area contributed by atoms with Gasteiger partial charge in [0.05, 0.1) is 22.4 Å². The van der Waals surface area contributed by atoms with Crippen LogP contribution in [0.2, 0.25) is 5.02 Å². The first kappa shape index (κ1) is 24.4. The Hall–Kier alpha value is -3.24. The van der Waals surface area contributed by atoms with Gasteiger partial charge >= 0.3 is 0 Å². The number of benzene rings is 2. The standard InChI is InChI=1S/C22H20ClF2N5O2S/c1-3-10-30-20(13(2)26-21(32)15-6-4-5-7-17(15)24)28-29-22(30)33-12-19(31)27-14-8-9-18(25)16(23)11-14/h3-9,11,13H,1,10,12H2,2H3,(H,26,32)(H,27,31)/t13-/m0/s1. The van der Waals surface area contributed by atoms with E-state index in [-0.39, 0.29) is 22.2 Å². The van der Waals surface area contributed by atoms with E-state index in [4.69, 9.17) is 11.6 Å². The number of hydrogen-bond donors (Lipinski definition) is 2. The average Bonchev–Trinajstić information content (AvgIpc) is 3.18. The molecule has 2 N–H and O–H groups in total. The average molecular weight is 492 g/mol. The van der Waals surface area contributed by atoms with Gasteiger partial charge in [-0.05, 0) is 37.3 Å². The number of thioether (sulfide) groups is 1. The van der Waals surface area contributed by atoms with Crippen LogP contribution in [0.15, 0.2) is 60.3 Å². The molecule has 0 radical (unpaired) electrons. The Morgan fingerprint density at radius 3 is 2.67 bits per heavy atom. The molecule has 0 aliphatic carbocycles. The molecular weight excluding hydrogens is 472 g/mol. The van der Waals surface area contributed by atoms with Gasteiger partial charge in [-0.2, -0.15) is 0 Å². The topological polar surface area (TPSA) is 88.9 Å². The number of nitrogens with zero attached hydrogens (tertiary/aromatic N) is 3. The molecule has 0 aliphatic heterocycles. The predicted octanol–water partition coefficient (Wildman–Crippen LogP) is 4.62. The summed E-state index contributed by atoms with van der Waals surface area (Å²) in [5.74, 6) is -1.71. The third kappa shape index (κ3) is 6.17. The minimum absolute atomic E-state index is 0.000236. The minimum Gasteiger partial charge on any atom is -0.342 e. The van der Waals surface area contributed by atoms with E-state index in [2.05, 4.69) is 27.4 Å². The van der Waals surface area contributed by atoms with E-state index in [1.54, 1.807) is 23.6 Å². The Labute approximate surface area is 198 Å². The van der Waals surface area contributed by atoms with Gasteiger partial charge in [0, 0.05) is 12.2 Å². The van der Waals surface area contributed by atoms with Crippen molar-refractivity contribution >= 4 is 40.9 Å². The maximum atomic E-state index is 13.9. The van der Waals surface area contributed by atoms with Gasteiger partial charge in [-0.25, -0.2) is 8.78 Å². The highest BCUT2D eigenvalue weighted by atomic mass is 35.5. The van der Waals surface area contributed by atoms with Gasteiger partial charge in [-0.15, -0.1) is 16.8 Å². The van der Waals surface area contributed by atoms with Gasteiger partial charge in [-0.1, -0.05) is 41.6 Å². The van der Waals surface area contributed by atoms with Crippen LogP contribution in [0.4, 0.5) is 14.5 Å². The summed E-state index contributed by atoms with van der Waals surface area (Å²) >= 11 is 6.86. The van der Waals surface area contributed by atoms with Crippen LogP contribution in [0.3, 0.4) is 0 Å². The van der Waals surface area contributed by atoms with Gasteiger partial charge in [0.1, 0.15) is 11.6 Å². The predicted molar refractivity (Wildman–Crippen MR) is 123 cm³/mol. The molecule has 1 aromatic heterocycles. The molecule has 0 saturated carbocycles. The first-order chi connectivity index (χ1) is 15.8. The molecule has 0 aliphatic rings. The number of halogens is 3. The SMILES string of the molecule is C=CCn1c(SCC(=O)Nc2ccc(F)c(Cl)c2)nnc1[C@H](C)NC(=O)c1ccccc1F. The molecule has 3 rings (SSSR count). The third-order valence-electron chi connectivity index (χ3n) is 4.45. The number of anilines is 1. The van der Waals surface area contributed by atoms with E-state index in [1.807, 2.05) is 0 Å². The number of amides is 2. The monoisotopic (exact) mass is 491 g/mol. The first-order valence-corrected chi connectivity index (χ1v) is 11.1. The molecular formula is C22H20ClF2N5O2S. The van der Waals surface area contributed by atoms with E-state index < -0.39 is 23.6 Å². The highest BCUT2D eigenvalue weighted by molar-refractivity contribution is 7.99. The molecule has 7 nitrogen and oxygen atoms in total. The summed E-state index contributed by atoms with van der Waals surface area (Å²) < 4.78 is 28.9. The number of allylic oxidation sites excluding steroid dienone is 1. The number of carbonyl (C=O) groups excluding carboxylic acids is 2. The van der Waals surface area contributed by atoms with Crippen molar-refractivity contribution in [3.63, 3.8) is 0 Å². The van der Waals surface area contributed by atoms with Crippen LogP contribution in [-0.4, -0.2) is 32.3 Å². The minimum atomic E-state index is -0.626. The number of aromatic nitrogens is 3. The lowest BCUT2D eigenvalue weighted by molar-refractivity contribution is -0.113. The lowest BCUT2D eigenvalue weighted by atomic mass is 10.2. The number of nitrogens with one attached hydrogen (secondary N) is 2. The second kappa shape index (κ2) is 11.1. The van der Waals surface area contributed by atoms with Gasteiger partial charge < -0.3 is 15.2 Å². The second-order valence-electron chi connectivity index (χ2n) is 6.88. The van der Waals surface area contributed by atoms with E-state index in [1.165, 1.54) is 30.3 Å². The van der Waals surface area contributed by atoms with E-state index in [9.17, 15) is 18.4 Å². The molecule has 0 unspecified atom stereocenters. The Bertz CT molecular complexity index is 1190. The molecule has 2 aromatic carbocycles. The molecule has 33 heavy (non-hydrogen) atoms. The summed E-state index contributed by atoms with van der Waals surface area (Å²) in [6.07, 6.45) is 1.63. The van der Waals surface area contributed by atoms with Crippen LogP contribution in [0.5, 0.6) is 0 Å². The van der Waals surface area contributed by atoms with Crippen LogP contribution < -0.4 is 10.6 Å². The molecule has 1 heterocycles. The zero-order valence-electron chi connectivity index (χ0n) is 17.5. The fourth-order valence-corrected chi connectivity index (χ4v) is 3.85. The van der Waals surface area contributed by atoms with E-state index in [0.717, 1.165) is 17.8 Å². The van der Waals surface area contributed by atoms with Crippen molar-refractivity contribution in [3.8, 4) is 0 Å². The largest absolute Gasteiger partial charge is 0.342 e. The molecule has 0 bridgehead atoms. The molecule has 11 heteroatoms. The highest BCUT2D eigenvalue weighted by Gasteiger charge is 2.21. The molecule has 172 valence electrons. The lowest BCUT2D eigenvalue weighted by Crippen LogP contribution is -2.29. The molecule has 0 spiro atoms. The molecule has 0 fully saturated rings. The van der Waals surface area contributed by atoms with E-state index >= 15 is 0 Å². The van der Waals surface area contributed by atoms with Gasteiger partial charge in [0.2, 0.25) is 5.91 Å². The molecule has 3 aromatic rings.